The zero-order chi connectivity index (χ0) is 11.1. The molecule has 0 aromatic rings. The Morgan fingerprint density at radius 2 is 2.07 bits per heavy atom. The van der Waals surface area contributed by atoms with E-state index in [9.17, 15) is 4.79 Å². The number of carbonyl (C=O) groups is 1. The number of rotatable bonds is 6. The zero-order valence-corrected chi connectivity index (χ0v) is 9.51. The van der Waals surface area contributed by atoms with Crippen LogP contribution in [0.2, 0.25) is 0 Å². The number of carbonyl (C=O) groups excluding carboxylic acids is 1. The molecule has 1 amide bonds. The Morgan fingerprint density at radius 1 is 1.40 bits per heavy atom. The van der Waals surface area contributed by atoms with Crippen LogP contribution in [-0.4, -0.2) is 37.8 Å². The van der Waals surface area contributed by atoms with Crippen molar-refractivity contribution < 1.29 is 9.90 Å². The van der Waals surface area contributed by atoms with Gasteiger partial charge < -0.3 is 15.7 Å². The van der Waals surface area contributed by atoms with Crippen molar-refractivity contribution in [1.82, 2.24) is 10.6 Å². The van der Waals surface area contributed by atoms with Gasteiger partial charge >= 0.3 is 0 Å². The van der Waals surface area contributed by atoms with Gasteiger partial charge in [0.05, 0.1) is 6.54 Å². The maximum absolute atomic E-state index is 11.3. The van der Waals surface area contributed by atoms with E-state index in [0.29, 0.717) is 13.1 Å². The summed E-state index contributed by atoms with van der Waals surface area (Å²) in [5, 5.41) is 14.8. The van der Waals surface area contributed by atoms with Gasteiger partial charge in [0.2, 0.25) is 5.91 Å². The van der Waals surface area contributed by atoms with E-state index >= 15 is 0 Å². The molecule has 4 heteroatoms. The molecule has 0 unspecified atom stereocenters. The first kappa shape index (κ1) is 12.5. The van der Waals surface area contributed by atoms with Crippen LogP contribution in [0.3, 0.4) is 0 Å². The molecule has 4 nitrogen and oxygen atoms in total. The van der Waals surface area contributed by atoms with Crippen LogP contribution < -0.4 is 10.6 Å². The standard InChI is InChI=1S/C11H22N2O2/c1-12-8-10(15)13-9-11(6-7-14)4-2-3-5-11/h12,14H,2-9H2,1H3,(H,13,15). The van der Waals surface area contributed by atoms with Crippen molar-refractivity contribution in [1.29, 1.82) is 0 Å². The third-order valence-electron chi connectivity index (χ3n) is 3.30. The summed E-state index contributed by atoms with van der Waals surface area (Å²) >= 11 is 0. The van der Waals surface area contributed by atoms with E-state index in [1.165, 1.54) is 12.8 Å². The Balaban J connectivity index is 2.35. The molecule has 0 aromatic carbocycles. The molecule has 0 saturated heterocycles. The minimum atomic E-state index is 0.0433. The SMILES string of the molecule is CNCC(=O)NCC1(CCO)CCCC1. The van der Waals surface area contributed by atoms with Gasteiger partial charge in [0.1, 0.15) is 0 Å². The lowest BCUT2D eigenvalue weighted by Gasteiger charge is -2.28. The number of hydrogen-bond donors (Lipinski definition) is 3. The average Bonchev–Trinajstić information content (AvgIpc) is 2.65. The van der Waals surface area contributed by atoms with Crippen LogP contribution >= 0.6 is 0 Å². The molecule has 0 radical (unpaired) electrons. The highest BCUT2D eigenvalue weighted by atomic mass is 16.3. The smallest absolute Gasteiger partial charge is 0.233 e. The fourth-order valence-electron chi connectivity index (χ4n) is 2.39. The highest BCUT2D eigenvalue weighted by molar-refractivity contribution is 5.77. The number of hydrogen-bond acceptors (Lipinski definition) is 3. The van der Waals surface area contributed by atoms with Crippen LogP contribution in [-0.2, 0) is 4.79 Å². The first-order valence-electron chi connectivity index (χ1n) is 5.75. The Hall–Kier alpha value is -0.610. The lowest BCUT2D eigenvalue weighted by Crippen LogP contribution is -2.40. The first-order chi connectivity index (χ1) is 7.22. The lowest BCUT2D eigenvalue weighted by atomic mass is 9.83. The minimum absolute atomic E-state index is 0.0433. The van der Waals surface area contributed by atoms with Crippen molar-refractivity contribution in [3.63, 3.8) is 0 Å². The van der Waals surface area contributed by atoms with Gasteiger partial charge in [0, 0.05) is 13.2 Å². The van der Waals surface area contributed by atoms with Crippen LogP contribution in [0.25, 0.3) is 0 Å². The normalized spacial score (nSPS) is 19.1. The lowest BCUT2D eigenvalue weighted by molar-refractivity contribution is -0.120. The number of amides is 1. The van der Waals surface area contributed by atoms with Crippen molar-refractivity contribution in [3.8, 4) is 0 Å². The predicted molar refractivity (Wildman–Crippen MR) is 59.5 cm³/mol. The van der Waals surface area contributed by atoms with E-state index in [1.807, 2.05) is 0 Å². The van der Waals surface area contributed by atoms with Crippen molar-refractivity contribution in [2.75, 3.05) is 26.7 Å². The number of aliphatic hydroxyl groups is 1. The second kappa shape index (κ2) is 6.08. The van der Waals surface area contributed by atoms with Gasteiger partial charge in [-0.1, -0.05) is 12.8 Å². The summed E-state index contributed by atoms with van der Waals surface area (Å²) in [7, 11) is 1.76. The molecular formula is C11H22N2O2. The predicted octanol–water partition coefficient (Wildman–Crippen LogP) is 0.265. The van der Waals surface area contributed by atoms with E-state index in [0.717, 1.165) is 19.3 Å². The van der Waals surface area contributed by atoms with Gasteiger partial charge in [0.15, 0.2) is 0 Å². The minimum Gasteiger partial charge on any atom is -0.396 e. The van der Waals surface area contributed by atoms with Gasteiger partial charge in [-0.05, 0) is 31.7 Å². The van der Waals surface area contributed by atoms with E-state index in [1.54, 1.807) is 7.05 Å². The highest BCUT2D eigenvalue weighted by Gasteiger charge is 2.33. The van der Waals surface area contributed by atoms with E-state index in [-0.39, 0.29) is 17.9 Å². The van der Waals surface area contributed by atoms with Crippen LogP contribution in [0, 0.1) is 5.41 Å². The average molecular weight is 214 g/mol. The molecule has 0 spiro atoms. The molecule has 0 atom stereocenters. The maximum Gasteiger partial charge on any atom is 0.233 e. The molecule has 1 saturated carbocycles. The molecule has 1 aliphatic rings. The van der Waals surface area contributed by atoms with Gasteiger partial charge in [-0.15, -0.1) is 0 Å². The second-order valence-electron chi connectivity index (χ2n) is 4.49. The van der Waals surface area contributed by atoms with Crippen molar-refractivity contribution >= 4 is 5.91 Å². The third-order valence-corrected chi connectivity index (χ3v) is 3.30. The third kappa shape index (κ3) is 3.80. The Labute approximate surface area is 91.4 Å². The molecule has 1 aliphatic carbocycles. The topological polar surface area (TPSA) is 61.4 Å². The number of nitrogens with one attached hydrogen (secondary N) is 2. The molecule has 0 bridgehead atoms. The van der Waals surface area contributed by atoms with E-state index in [4.69, 9.17) is 5.11 Å². The van der Waals surface area contributed by atoms with Gasteiger partial charge in [-0.25, -0.2) is 0 Å². The Kier molecular flexibility index (Phi) is 5.05. The van der Waals surface area contributed by atoms with E-state index in [2.05, 4.69) is 10.6 Å². The summed E-state index contributed by atoms with van der Waals surface area (Å²) in [6.07, 6.45) is 5.53. The summed E-state index contributed by atoms with van der Waals surface area (Å²) in [6.45, 7) is 1.31. The molecular weight excluding hydrogens is 192 g/mol. The molecule has 88 valence electrons. The van der Waals surface area contributed by atoms with Gasteiger partial charge in [0.25, 0.3) is 0 Å². The van der Waals surface area contributed by atoms with Crippen molar-refractivity contribution in [2.45, 2.75) is 32.1 Å². The quantitative estimate of drug-likeness (QED) is 0.594. The van der Waals surface area contributed by atoms with E-state index < -0.39 is 0 Å². The molecule has 0 heterocycles. The molecule has 0 aliphatic heterocycles. The summed E-state index contributed by atoms with van der Waals surface area (Å²) < 4.78 is 0. The van der Waals surface area contributed by atoms with Crippen LogP contribution in [0.15, 0.2) is 0 Å². The van der Waals surface area contributed by atoms with Crippen molar-refractivity contribution in [2.24, 2.45) is 5.41 Å². The van der Waals surface area contributed by atoms with Crippen molar-refractivity contribution in [3.05, 3.63) is 0 Å². The summed E-state index contributed by atoms with van der Waals surface area (Å²) in [6, 6.07) is 0. The Morgan fingerprint density at radius 3 is 2.60 bits per heavy atom. The monoisotopic (exact) mass is 214 g/mol. The summed E-state index contributed by atoms with van der Waals surface area (Å²) in [4.78, 5) is 11.3. The summed E-state index contributed by atoms with van der Waals surface area (Å²) in [5.74, 6) is 0.0433. The molecule has 1 rings (SSSR count). The number of likely N-dealkylation sites (N-methyl/N-ethyl adjacent to an activating group) is 1. The fraction of sp³-hybridized carbons (Fsp3) is 0.909. The van der Waals surface area contributed by atoms with Gasteiger partial charge in [-0.2, -0.15) is 0 Å². The zero-order valence-electron chi connectivity index (χ0n) is 9.51. The molecule has 1 fully saturated rings. The van der Waals surface area contributed by atoms with Gasteiger partial charge in [-0.3, -0.25) is 4.79 Å². The molecule has 15 heavy (non-hydrogen) atoms. The van der Waals surface area contributed by atoms with Crippen LogP contribution in [0.5, 0.6) is 0 Å². The molecule has 0 aromatic heterocycles. The summed E-state index contributed by atoms with van der Waals surface area (Å²) in [5.41, 5.74) is 0.165. The Bertz CT molecular complexity index is 201. The maximum atomic E-state index is 11.3. The largest absolute Gasteiger partial charge is 0.396 e. The highest BCUT2D eigenvalue weighted by Crippen LogP contribution is 2.40. The van der Waals surface area contributed by atoms with Crippen LogP contribution in [0.1, 0.15) is 32.1 Å². The van der Waals surface area contributed by atoms with Crippen LogP contribution in [0.4, 0.5) is 0 Å². The second-order valence-corrected chi connectivity index (χ2v) is 4.49. The fourth-order valence-corrected chi connectivity index (χ4v) is 2.39. The number of aliphatic hydroxyl groups excluding tert-OH is 1. The first-order valence-corrected chi connectivity index (χ1v) is 5.75. The molecule has 3 N–H and O–H groups in total.